The second-order valence-corrected chi connectivity index (χ2v) is 11.6. The Hall–Kier alpha value is -6.12. The van der Waals surface area contributed by atoms with Crippen LogP contribution in [0.25, 0.3) is 23.3 Å². The minimum absolute atomic E-state index is 1.12. The van der Waals surface area contributed by atoms with E-state index < -0.39 is 0 Å². The topological polar surface area (TPSA) is 6.48 Å². The zero-order valence-corrected chi connectivity index (χ0v) is 26.4. The average Bonchev–Trinajstić information content (AvgIpc) is 3.14. The molecular formula is C45H36N2. The highest BCUT2D eigenvalue weighted by Crippen LogP contribution is 2.37. The van der Waals surface area contributed by atoms with Crippen molar-refractivity contribution in [3.05, 3.63) is 205 Å². The van der Waals surface area contributed by atoms with Crippen molar-refractivity contribution < 1.29 is 0 Å². The molecule has 0 aliphatic carbocycles. The monoisotopic (exact) mass is 604 g/mol. The number of aryl methyl sites for hydroxylation is 1. The van der Waals surface area contributed by atoms with E-state index in [0.29, 0.717) is 0 Å². The number of hydrogen-bond donors (Lipinski definition) is 0. The summed E-state index contributed by atoms with van der Waals surface area (Å²) in [5.41, 5.74) is 12.7. The maximum atomic E-state index is 2.32. The van der Waals surface area contributed by atoms with Crippen LogP contribution in [0, 0.1) is 6.92 Å². The van der Waals surface area contributed by atoms with Crippen molar-refractivity contribution in [2.75, 3.05) is 9.80 Å². The molecule has 0 heterocycles. The van der Waals surface area contributed by atoms with E-state index in [1.165, 1.54) is 16.7 Å². The van der Waals surface area contributed by atoms with E-state index in [-0.39, 0.29) is 0 Å². The standard InChI is InChI=1S/C45H36N2/c1-35-12-11-19-45(34-35)47(44-32-26-39(27-33-44)38-13-5-2-6-14-38)43-30-24-37(25-31-43)21-20-36-22-28-42(29-23-36)46(40-15-7-3-8-16-40)41-17-9-4-10-18-41/h2-34H,1H3/b21-20+. The Balaban J connectivity index is 1.12. The van der Waals surface area contributed by atoms with Gasteiger partial charge in [0.15, 0.2) is 0 Å². The Bertz CT molecular complexity index is 2010. The van der Waals surface area contributed by atoms with Crippen LogP contribution in [0.4, 0.5) is 34.1 Å². The molecule has 226 valence electrons. The Morgan fingerprint density at radius 1 is 0.319 bits per heavy atom. The van der Waals surface area contributed by atoms with E-state index in [1.54, 1.807) is 0 Å². The highest BCUT2D eigenvalue weighted by molar-refractivity contribution is 5.81. The van der Waals surface area contributed by atoms with Crippen LogP contribution in [-0.2, 0) is 0 Å². The third kappa shape index (κ3) is 6.93. The third-order valence-electron chi connectivity index (χ3n) is 8.29. The largest absolute Gasteiger partial charge is 0.311 e. The van der Waals surface area contributed by atoms with Gasteiger partial charge in [-0.15, -0.1) is 0 Å². The van der Waals surface area contributed by atoms with E-state index >= 15 is 0 Å². The number of rotatable bonds is 9. The summed E-state index contributed by atoms with van der Waals surface area (Å²) in [6.45, 7) is 2.14. The Kier molecular flexibility index (Phi) is 8.74. The van der Waals surface area contributed by atoms with Gasteiger partial charge in [0, 0.05) is 34.1 Å². The summed E-state index contributed by atoms with van der Waals surface area (Å²) >= 11 is 0. The summed E-state index contributed by atoms with van der Waals surface area (Å²) in [6.07, 6.45) is 4.35. The predicted octanol–water partition coefficient (Wildman–Crippen LogP) is 12.8. The minimum atomic E-state index is 1.12. The van der Waals surface area contributed by atoms with E-state index in [9.17, 15) is 0 Å². The fraction of sp³-hybridized carbons (Fsp3) is 0.0222. The zero-order chi connectivity index (χ0) is 31.8. The molecule has 0 atom stereocenters. The van der Waals surface area contributed by atoms with Crippen LogP contribution >= 0.6 is 0 Å². The number of anilines is 6. The molecule has 7 aromatic rings. The van der Waals surface area contributed by atoms with Crippen LogP contribution in [0.1, 0.15) is 16.7 Å². The smallest absolute Gasteiger partial charge is 0.0464 e. The maximum Gasteiger partial charge on any atom is 0.0464 e. The van der Waals surface area contributed by atoms with Gasteiger partial charge in [-0.3, -0.25) is 0 Å². The van der Waals surface area contributed by atoms with Crippen molar-refractivity contribution in [2.24, 2.45) is 0 Å². The molecule has 2 nitrogen and oxygen atoms in total. The fourth-order valence-electron chi connectivity index (χ4n) is 5.91. The molecule has 0 saturated heterocycles. The highest BCUT2D eigenvalue weighted by Gasteiger charge is 2.14. The predicted molar refractivity (Wildman–Crippen MR) is 201 cm³/mol. The first-order valence-corrected chi connectivity index (χ1v) is 16.0. The Morgan fingerprint density at radius 2 is 0.681 bits per heavy atom. The average molecular weight is 605 g/mol. The summed E-state index contributed by atoms with van der Waals surface area (Å²) < 4.78 is 0. The van der Waals surface area contributed by atoms with Gasteiger partial charge < -0.3 is 9.80 Å². The van der Waals surface area contributed by atoms with Crippen molar-refractivity contribution in [1.82, 2.24) is 0 Å². The van der Waals surface area contributed by atoms with Crippen molar-refractivity contribution in [3.8, 4) is 11.1 Å². The second-order valence-electron chi connectivity index (χ2n) is 11.6. The summed E-state index contributed by atoms with van der Waals surface area (Å²) in [4.78, 5) is 4.60. The quantitative estimate of drug-likeness (QED) is 0.151. The first-order chi connectivity index (χ1) is 23.2. The number of nitrogens with zero attached hydrogens (tertiary/aromatic N) is 2. The van der Waals surface area contributed by atoms with Gasteiger partial charge >= 0.3 is 0 Å². The van der Waals surface area contributed by atoms with Gasteiger partial charge in [-0.1, -0.05) is 127 Å². The van der Waals surface area contributed by atoms with E-state index in [4.69, 9.17) is 0 Å². The molecule has 0 N–H and O–H groups in total. The summed E-state index contributed by atoms with van der Waals surface area (Å²) in [6, 6.07) is 66.5. The molecule has 0 spiro atoms. The van der Waals surface area contributed by atoms with Crippen molar-refractivity contribution >= 4 is 46.3 Å². The SMILES string of the molecule is Cc1cccc(N(c2ccc(/C=C/c3ccc(N(c4ccccc4)c4ccccc4)cc3)cc2)c2ccc(-c3ccccc3)cc2)c1. The molecule has 0 aliphatic heterocycles. The lowest BCUT2D eigenvalue weighted by molar-refractivity contribution is 1.27. The number of benzene rings is 7. The van der Waals surface area contributed by atoms with Gasteiger partial charge in [0.05, 0.1) is 0 Å². The molecule has 0 aliphatic rings. The molecule has 0 bridgehead atoms. The van der Waals surface area contributed by atoms with Gasteiger partial charge in [0.2, 0.25) is 0 Å². The Labute approximate surface area is 278 Å². The van der Waals surface area contributed by atoms with Gasteiger partial charge in [-0.25, -0.2) is 0 Å². The second kappa shape index (κ2) is 13.9. The van der Waals surface area contributed by atoms with Gasteiger partial charge in [0.25, 0.3) is 0 Å². The fourth-order valence-corrected chi connectivity index (χ4v) is 5.91. The summed E-state index contributed by atoms with van der Waals surface area (Å²) in [5.74, 6) is 0. The van der Waals surface area contributed by atoms with E-state index in [2.05, 4.69) is 217 Å². The zero-order valence-electron chi connectivity index (χ0n) is 26.4. The van der Waals surface area contributed by atoms with Gasteiger partial charge in [0.1, 0.15) is 0 Å². The summed E-state index contributed by atoms with van der Waals surface area (Å²) in [7, 11) is 0. The van der Waals surface area contributed by atoms with E-state index in [0.717, 1.165) is 45.3 Å². The lowest BCUT2D eigenvalue weighted by Crippen LogP contribution is -2.10. The van der Waals surface area contributed by atoms with Crippen LogP contribution in [0.2, 0.25) is 0 Å². The van der Waals surface area contributed by atoms with Crippen LogP contribution in [0.3, 0.4) is 0 Å². The molecule has 0 aromatic heterocycles. The molecule has 0 saturated carbocycles. The molecule has 7 aromatic carbocycles. The third-order valence-corrected chi connectivity index (χ3v) is 8.29. The molecule has 0 amide bonds. The molecule has 0 radical (unpaired) electrons. The van der Waals surface area contributed by atoms with Gasteiger partial charge in [-0.2, -0.15) is 0 Å². The molecule has 47 heavy (non-hydrogen) atoms. The molecule has 0 fully saturated rings. The van der Waals surface area contributed by atoms with Gasteiger partial charge in [-0.05, 0) is 108 Å². The number of hydrogen-bond acceptors (Lipinski definition) is 2. The molecule has 0 unspecified atom stereocenters. The lowest BCUT2D eigenvalue weighted by Gasteiger charge is -2.26. The summed E-state index contributed by atoms with van der Waals surface area (Å²) in [5, 5.41) is 0. The van der Waals surface area contributed by atoms with E-state index in [1.807, 2.05) is 0 Å². The normalized spacial score (nSPS) is 11.0. The minimum Gasteiger partial charge on any atom is -0.311 e. The first-order valence-electron chi connectivity index (χ1n) is 16.0. The van der Waals surface area contributed by atoms with Crippen LogP contribution in [0.5, 0.6) is 0 Å². The van der Waals surface area contributed by atoms with Crippen molar-refractivity contribution in [3.63, 3.8) is 0 Å². The first kappa shape index (κ1) is 29.6. The van der Waals surface area contributed by atoms with Crippen LogP contribution in [0.15, 0.2) is 188 Å². The van der Waals surface area contributed by atoms with Crippen molar-refractivity contribution in [2.45, 2.75) is 6.92 Å². The van der Waals surface area contributed by atoms with Crippen LogP contribution in [-0.4, -0.2) is 0 Å². The molecule has 2 heteroatoms. The van der Waals surface area contributed by atoms with Crippen molar-refractivity contribution in [1.29, 1.82) is 0 Å². The Morgan fingerprint density at radius 3 is 1.15 bits per heavy atom. The maximum absolute atomic E-state index is 2.32. The van der Waals surface area contributed by atoms with Crippen LogP contribution < -0.4 is 9.80 Å². The molecule has 7 rings (SSSR count). The highest BCUT2D eigenvalue weighted by atomic mass is 15.1. The molecular weight excluding hydrogens is 569 g/mol. The number of para-hydroxylation sites is 2. The lowest BCUT2D eigenvalue weighted by atomic mass is 10.0.